The molecule has 0 amide bonds. The summed E-state index contributed by atoms with van der Waals surface area (Å²) >= 11 is 0. The predicted octanol–water partition coefficient (Wildman–Crippen LogP) is 2.56. The third-order valence-electron chi connectivity index (χ3n) is 2.62. The SMILES string of the molecule is COC(=O)c1ccccc1N.COc1ccc(C=O)cc1. The van der Waals surface area contributed by atoms with E-state index in [1.54, 1.807) is 55.6 Å². The van der Waals surface area contributed by atoms with E-state index in [1.165, 1.54) is 7.11 Å². The normalized spacial score (nSPS) is 9.05. The van der Waals surface area contributed by atoms with Crippen LogP contribution in [0, 0.1) is 0 Å². The molecule has 0 aliphatic rings. The average Bonchev–Trinajstić information content (AvgIpc) is 2.55. The number of anilines is 1. The smallest absolute Gasteiger partial charge is 0.339 e. The van der Waals surface area contributed by atoms with Gasteiger partial charge in [-0.25, -0.2) is 4.79 Å². The highest BCUT2D eigenvalue weighted by Crippen LogP contribution is 2.11. The minimum atomic E-state index is -0.400. The van der Waals surface area contributed by atoms with E-state index >= 15 is 0 Å². The van der Waals surface area contributed by atoms with Crippen molar-refractivity contribution in [1.29, 1.82) is 0 Å². The van der Waals surface area contributed by atoms with Crippen LogP contribution in [0.25, 0.3) is 0 Å². The fraction of sp³-hybridized carbons (Fsp3) is 0.125. The summed E-state index contributed by atoms with van der Waals surface area (Å²) in [5.41, 5.74) is 7.02. The molecule has 0 fully saturated rings. The molecule has 0 radical (unpaired) electrons. The van der Waals surface area contributed by atoms with E-state index in [4.69, 9.17) is 10.5 Å². The maximum atomic E-state index is 10.9. The minimum Gasteiger partial charge on any atom is -0.497 e. The zero-order chi connectivity index (χ0) is 15.7. The number of methoxy groups -OCH3 is 2. The summed E-state index contributed by atoms with van der Waals surface area (Å²) in [7, 11) is 2.92. The Kier molecular flexibility index (Phi) is 6.47. The zero-order valence-corrected chi connectivity index (χ0v) is 11.9. The number of carbonyl (C=O) groups excluding carboxylic acids is 2. The summed E-state index contributed by atoms with van der Waals surface area (Å²) in [6.45, 7) is 0. The number of benzene rings is 2. The lowest BCUT2D eigenvalue weighted by molar-refractivity contribution is 0.0602. The lowest BCUT2D eigenvalue weighted by Gasteiger charge is -2.00. The van der Waals surface area contributed by atoms with Crippen LogP contribution in [-0.2, 0) is 4.74 Å². The number of nitrogen functional groups attached to an aromatic ring is 1. The Morgan fingerprint density at radius 3 is 2.14 bits per heavy atom. The first-order valence-electron chi connectivity index (χ1n) is 6.14. The molecule has 0 spiro atoms. The number of carbonyl (C=O) groups is 2. The van der Waals surface area contributed by atoms with Crippen LogP contribution < -0.4 is 10.5 Å². The van der Waals surface area contributed by atoms with Crippen LogP contribution >= 0.6 is 0 Å². The molecule has 0 atom stereocenters. The van der Waals surface area contributed by atoms with Gasteiger partial charge < -0.3 is 15.2 Å². The van der Waals surface area contributed by atoms with Gasteiger partial charge in [-0.2, -0.15) is 0 Å². The average molecular weight is 287 g/mol. The monoisotopic (exact) mass is 287 g/mol. The number of rotatable bonds is 3. The van der Waals surface area contributed by atoms with Gasteiger partial charge in [0.25, 0.3) is 0 Å². The second-order valence-corrected chi connectivity index (χ2v) is 3.97. The molecule has 2 aromatic carbocycles. The standard InChI is InChI=1S/C8H9NO2.C8H8O2/c1-11-8(10)6-4-2-3-5-7(6)9;1-10-8-4-2-7(6-9)3-5-8/h2-5H,9H2,1H3;2-6H,1H3. The van der Waals surface area contributed by atoms with Gasteiger partial charge in [0.2, 0.25) is 0 Å². The Morgan fingerprint density at radius 2 is 1.67 bits per heavy atom. The van der Waals surface area contributed by atoms with Gasteiger partial charge in [-0.05, 0) is 36.4 Å². The molecule has 5 heteroatoms. The fourth-order valence-electron chi connectivity index (χ4n) is 1.48. The Balaban J connectivity index is 0.000000211. The van der Waals surface area contributed by atoms with E-state index < -0.39 is 5.97 Å². The highest BCUT2D eigenvalue weighted by Gasteiger charge is 2.06. The van der Waals surface area contributed by atoms with Gasteiger partial charge in [-0.1, -0.05) is 12.1 Å². The molecule has 5 nitrogen and oxygen atoms in total. The minimum absolute atomic E-state index is 0.400. The molecule has 0 unspecified atom stereocenters. The predicted molar refractivity (Wildman–Crippen MR) is 80.6 cm³/mol. The highest BCUT2D eigenvalue weighted by molar-refractivity contribution is 5.94. The molecule has 0 aliphatic carbocycles. The quantitative estimate of drug-likeness (QED) is 0.533. The number of nitrogens with two attached hydrogens (primary N) is 1. The van der Waals surface area contributed by atoms with Crippen molar-refractivity contribution >= 4 is 17.9 Å². The van der Waals surface area contributed by atoms with Crippen molar-refractivity contribution in [2.45, 2.75) is 0 Å². The number of hydrogen-bond acceptors (Lipinski definition) is 5. The first-order valence-corrected chi connectivity index (χ1v) is 6.14. The largest absolute Gasteiger partial charge is 0.497 e. The van der Waals surface area contributed by atoms with Crippen molar-refractivity contribution in [2.75, 3.05) is 20.0 Å². The number of esters is 1. The van der Waals surface area contributed by atoms with Crippen molar-refractivity contribution in [2.24, 2.45) is 0 Å². The molecular weight excluding hydrogens is 270 g/mol. The van der Waals surface area contributed by atoms with Crippen LogP contribution in [0.3, 0.4) is 0 Å². The second-order valence-electron chi connectivity index (χ2n) is 3.97. The molecule has 0 bridgehead atoms. The van der Waals surface area contributed by atoms with Crippen LogP contribution in [0.2, 0.25) is 0 Å². The second kappa shape index (κ2) is 8.37. The summed E-state index contributed by atoms with van der Waals surface area (Å²) in [6.07, 6.45) is 0.805. The molecule has 0 saturated carbocycles. The lowest BCUT2D eigenvalue weighted by atomic mass is 10.2. The first kappa shape index (κ1) is 16.2. The number of hydrogen-bond donors (Lipinski definition) is 1. The lowest BCUT2D eigenvalue weighted by Crippen LogP contribution is -2.04. The molecule has 2 N–H and O–H groups in total. The molecular formula is C16H17NO4. The molecule has 2 rings (SSSR count). The van der Waals surface area contributed by atoms with E-state index in [1.807, 2.05) is 0 Å². The van der Waals surface area contributed by atoms with Crippen LogP contribution in [0.1, 0.15) is 20.7 Å². The van der Waals surface area contributed by atoms with E-state index in [2.05, 4.69) is 4.74 Å². The van der Waals surface area contributed by atoms with E-state index in [0.717, 1.165) is 12.0 Å². The van der Waals surface area contributed by atoms with Gasteiger partial charge >= 0.3 is 5.97 Å². The van der Waals surface area contributed by atoms with Crippen LogP contribution in [-0.4, -0.2) is 26.5 Å². The molecule has 0 heterocycles. The number of ether oxygens (including phenoxy) is 2. The van der Waals surface area contributed by atoms with Gasteiger partial charge in [0.1, 0.15) is 12.0 Å². The third kappa shape index (κ3) is 4.99. The summed E-state index contributed by atoms with van der Waals surface area (Å²) in [6, 6.07) is 13.7. The third-order valence-corrected chi connectivity index (χ3v) is 2.62. The highest BCUT2D eigenvalue weighted by atomic mass is 16.5. The number of aldehydes is 1. The Hall–Kier alpha value is -2.82. The Labute approximate surface area is 123 Å². The molecule has 0 saturated heterocycles. The summed E-state index contributed by atoms with van der Waals surface area (Å²) in [5, 5.41) is 0. The van der Waals surface area contributed by atoms with Crippen LogP contribution in [0.15, 0.2) is 48.5 Å². The first-order chi connectivity index (χ1) is 10.1. The summed E-state index contributed by atoms with van der Waals surface area (Å²) < 4.78 is 9.40. The Bertz CT molecular complexity index is 593. The van der Waals surface area contributed by atoms with Gasteiger partial charge in [0.05, 0.1) is 19.8 Å². The fourth-order valence-corrected chi connectivity index (χ4v) is 1.48. The molecule has 110 valence electrons. The zero-order valence-electron chi connectivity index (χ0n) is 11.9. The van der Waals surface area contributed by atoms with Crippen molar-refractivity contribution in [1.82, 2.24) is 0 Å². The van der Waals surface area contributed by atoms with E-state index in [0.29, 0.717) is 16.8 Å². The Morgan fingerprint density at radius 1 is 1.05 bits per heavy atom. The van der Waals surface area contributed by atoms with Crippen molar-refractivity contribution in [3.8, 4) is 5.75 Å². The summed E-state index contributed by atoms with van der Waals surface area (Å²) in [4.78, 5) is 21.1. The number of para-hydroxylation sites is 1. The van der Waals surface area contributed by atoms with Crippen molar-refractivity contribution in [3.63, 3.8) is 0 Å². The topological polar surface area (TPSA) is 78.6 Å². The van der Waals surface area contributed by atoms with Gasteiger partial charge in [-0.15, -0.1) is 0 Å². The molecule has 0 aromatic heterocycles. The van der Waals surface area contributed by atoms with Crippen LogP contribution in [0.4, 0.5) is 5.69 Å². The van der Waals surface area contributed by atoms with Crippen molar-refractivity contribution in [3.05, 3.63) is 59.7 Å². The van der Waals surface area contributed by atoms with Crippen molar-refractivity contribution < 1.29 is 19.1 Å². The molecule has 2 aromatic rings. The van der Waals surface area contributed by atoms with Gasteiger partial charge in [0, 0.05) is 11.3 Å². The maximum absolute atomic E-state index is 10.9. The van der Waals surface area contributed by atoms with E-state index in [-0.39, 0.29) is 0 Å². The van der Waals surface area contributed by atoms with E-state index in [9.17, 15) is 9.59 Å². The summed E-state index contributed by atoms with van der Waals surface area (Å²) in [5.74, 6) is 0.369. The van der Waals surface area contributed by atoms with Gasteiger partial charge in [0.15, 0.2) is 0 Å². The van der Waals surface area contributed by atoms with Gasteiger partial charge in [-0.3, -0.25) is 4.79 Å². The maximum Gasteiger partial charge on any atom is 0.339 e. The van der Waals surface area contributed by atoms with Crippen LogP contribution in [0.5, 0.6) is 5.75 Å². The molecule has 0 aliphatic heterocycles. The molecule has 21 heavy (non-hydrogen) atoms.